The summed E-state index contributed by atoms with van der Waals surface area (Å²) in [6.07, 6.45) is 2.77. The Kier molecular flexibility index (Phi) is 3.91. The molecule has 7 nitrogen and oxygen atoms in total. The van der Waals surface area contributed by atoms with E-state index in [1.54, 1.807) is 6.92 Å². The zero-order valence-electron chi connectivity index (χ0n) is 8.67. The Balaban J connectivity index is 2.50. The molecule has 0 bridgehead atoms. The van der Waals surface area contributed by atoms with E-state index >= 15 is 0 Å². The van der Waals surface area contributed by atoms with Gasteiger partial charge in [0.25, 0.3) is 5.91 Å². The summed E-state index contributed by atoms with van der Waals surface area (Å²) in [4.78, 5) is 19.1. The van der Waals surface area contributed by atoms with Crippen molar-refractivity contribution in [2.75, 3.05) is 12.3 Å². The fraction of sp³-hybridized carbons (Fsp3) is 0.375. The maximum atomic E-state index is 11.4. The van der Waals surface area contributed by atoms with Crippen LogP contribution in [0.4, 0.5) is 0 Å². The number of hydrogen-bond donors (Lipinski definition) is 2. The largest absolute Gasteiger partial charge is 0.350 e. The third kappa shape index (κ3) is 4.32. The number of carbonyl (C=O) groups is 1. The monoisotopic (exact) mass is 244 g/mol. The highest BCUT2D eigenvalue weighted by molar-refractivity contribution is 7.89. The van der Waals surface area contributed by atoms with Gasteiger partial charge >= 0.3 is 0 Å². The van der Waals surface area contributed by atoms with Crippen molar-refractivity contribution in [3.8, 4) is 0 Å². The number of aryl methyl sites for hydroxylation is 1. The average molecular weight is 244 g/mol. The summed E-state index contributed by atoms with van der Waals surface area (Å²) in [5.41, 5.74) is 0.834. The second-order valence-corrected chi connectivity index (χ2v) is 4.90. The molecule has 16 heavy (non-hydrogen) atoms. The van der Waals surface area contributed by atoms with Crippen LogP contribution in [0.25, 0.3) is 0 Å². The molecule has 0 radical (unpaired) electrons. The summed E-state index contributed by atoms with van der Waals surface area (Å²) in [6.45, 7) is 1.70. The number of nitrogens with two attached hydrogens (primary N) is 1. The van der Waals surface area contributed by atoms with Gasteiger partial charge in [-0.2, -0.15) is 0 Å². The van der Waals surface area contributed by atoms with E-state index in [1.807, 2.05) is 0 Å². The van der Waals surface area contributed by atoms with Crippen LogP contribution in [0.2, 0.25) is 0 Å². The summed E-state index contributed by atoms with van der Waals surface area (Å²) < 4.78 is 21.2. The first-order chi connectivity index (χ1) is 7.38. The molecule has 1 rings (SSSR count). The smallest absolute Gasteiger partial charge is 0.271 e. The van der Waals surface area contributed by atoms with E-state index in [0.717, 1.165) is 0 Å². The quantitative estimate of drug-likeness (QED) is 0.690. The first-order valence-corrected chi connectivity index (χ1v) is 6.17. The number of aromatic nitrogens is 2. The van der Waals surface area contributed by atoms with Crippen molar-refractivity contribution in [3.05, 3.63) is 23.8 Å². The van der Waals surface area contributed by atoms with Crippen molar-refractivity contribution < 1.29 is 13.2 Å². The Morgan fingerprint density at radius 3 is 2.62 bits per heavy atom. The number of sulfonamides is 1. The summed E-state index contributed by atoms with van der Waals surface area (Å²) in [7, 11) is -3.56. The van der Waals surface area contributed by atoms with Crippen LogP contribution in [0.5, 0.6) is 0 Å². The molecule has 0 unspecified atom stereocenters. The van der Waals surface area contributed by atoms with E-state index in [9.17, 15) is 13.2 Å². The van der Waals surface area contributed by atoms with Gasteiger partial charge in [-0.25, -0.2) is 18.5 Å². The van der Waals surface area contributed by atoms with Gasteiger partial charge in [0.15, 0.2) is 0 Å². The summed E-state index contributed by atoms with van der Waals surface area (Å²) >= 11 is 0. The second-order valence-electron chi connectivity index (χ2n) is 3.17. The van der Waals surface area contributed by atoms with Crippen LogP contribution in [0, 0.1) is 6.92 Å². The maximum Gasteiger partial charge on any atom is 0.271 e. The van der Waals surface area contributed by atoms with E-state index in [4.69, 9.17) is 5.14 Å². The highest BCUT2D eigenvalue weighted by atomic mass is 32.2. The van der Waals surface area contributed by atoms with Gasteiger partial charge in [-0.15, -0.1) is 0 Å². The number of carbonyl (C=O) groups excluding carboxylic acids is 1. The third-order valence-corrected chi connectivity index (χ3v) is 2.46. The molecule has 3 N–H and O–H groups in total. The lowest BCUT2D eigenvalue weighted by Crippen LogP contribution is -2.32. The number of hydrogen-bond acceptors (Lipinski definition) is 5. The van der Waals surface area contributed by atoms with Crippen molar-refractivity contribution in [2.24, 2.45) is 5.14 Å². The lowest BCUT2D eigenvalue weighted by atomic mass is 10.4. The third-order valence-electron chi connectivity index (χ3n) is 1.69. The lowest BCUT2D eigenvalue weighted by Gasteiger charge is -2.03. The molecule has 1 aromatic heterocycles. The molecule has 0 fully saturated rings. The molecule has 0 aliphatic carbocycles. The van der Waals surface area contributed by atoms with E-state index in [0.29, 0.717) is 5.69 Å². The van der Waals surface area contributed by atoms with Crippen molar-refractivity contribution >= 4 is 15.9 Å². The Morgan fingerprint density at radius 2 is 2.12 bits per heavy atom. The Morgan fingerprint density at radius 1 is 1.44 bits per heavy atom. The Bertz CT molecular complexity index is 469. The Hall–Kier alpha value is -1.54. The highest BCUT2D eigenvalue weighted by Gasteiger charge is 2.08. The van der Waals surface area contributed by atoms with Gasteiger partial charge in [-0.05, 0) is 6.92 Å². The van der Waals surface area contributed by atoms with Gasteiger partial charge in [0.05, 0.1) is 17.6 Å². The molecule has 1 heterocycles. The first-order valence-electron chi connectivity index (χ1n) is 4.46. The van der Waals surface area contributed by atoms with Crippen molar-refractivity contribution in [1.29, 1.82) is 0 Å². The SMILES string of the molecule is Cc1cnc(C(=O)NCCS(N)(=O)=O)cn1. The zero-order valence-corrected chi connectivity index (χ0v) is 9.49. The lowest BCUT2D eigenvalue weighted by molar-refractivity contribution is 0.0950. The van der Waals surface area contributed by atoms with Crippen LogP contribution in [-0.2, 0) is 10.0 Å². The van der Waals surface area contributed by atoms with Crippen LogP contribution in [0.1, 0.15) is 16.2 Å². The zero-order chi connectivity index (χ0) is 12.2. The van der Waals surface area contributed by atoms with Gasteiger partial charge in [0.1, 0.15) is 5.69 Å². The predicted octanol–water partition coefficient (Wildman–Crippen LogP) is -1.20. The van der Waals surface area contributed by atoms with Crippen LogP contribution in [0.3, 0.4) is 0 Å². The summed E-state index contributed by atoms with van der Waals surface area (Å²) in [6, 6.07) is 0. The topological polar surface area (TPSA) is 115 Å². The van der Waals surface area contributed by atoms with E-state index in [-0.39, 0.29) is 18.0 Å². The Labute approximate surface area is 93.1 Å². The highest BCUT2D eigenvalue weighted by Crippen LogP contribution is 1.93. The normalized spacial score (nSPS) is 11.1. The molecule has 0 saturated heterocycles. The number of nitrogens with one attached hydrogen (secondary N) is 1. The minimum Gasteiger partial charge on any atom is -0.350 e. The van der Waals surface area contributed by atoms with Crippen molar-refractivity contribution in [3.63, 3.8) is 0 Å². The summed E-state index contributed by atoms with van der Waals surface area (Å²) in [5, 5.41) is 7.15. The molecule has 0 aliphatic rings. The average Bonchev–Trinajstić information content (AvgIpc) is 2.16. The molecule has 88 valence electrons. The molecule has 8 heteroatoms. The van der Waals surface area contributed by atoms with Crippen molar-refractivity contribution in [1.82, 2.24) is 15.3 Å². The van der Waals surface area contributed by atoms with Gasteiger partial charge in [0, 0.05) is 12.7 Å². The van der Waals surface area contributed by atoms with E-state index in [1.165, 1.54) is 12.4 Å². The minimum absolute atomic E-state index is 0.0484. The first kappa shape index (κ1) is 12.5. The predicted molar refractivity (Wildman–Crippen MR) is 57.1 cm³/mol. The maximum absolute atomic E-state index is 11.4. The molecule has 0 aliphatic heterocycles. The van der Waals surface area contributed by atoms with Gasteiger partial charge < -0.3 is 5.32 Å². The molecule has 1 amide bonds. The molecule has 0 spiro atoms. The fourth-order valence-corrected chi connectivity index (χ4v) is 1.29. The number of amides is 1. The van der Waals surface area contributed by atoms with Crippen LogP contribution in [0.15, 0.2) is 12.4 Å². The number of rotatable bonds is 4. The fourth-order valence-electron chi connectivity index (χ4n) is 0.907. The summed E-state index contributed by atoms with van der Waals surface area (Å²) in [5.74, 6) is -0.783. The number of nitrogens with zero attached hydrogens (tertiary/aromatic N) is 2. The molecule has 0 atom stereocenters. The van der Waals surface area contributed by atoms with Crippen LogP contribution < -0.4 is 10.5 Å². The second kappa shape index (κ2) is 4.99. The van der Waals surface area contributed by atoms with Crippen molar-refractivity contribution in [2.45, 2.75) is 6.92 Å². The van der Waals surface area contributed by atoms with Crippen LogP contribution in [-0.4, -0.2) is 36.6 Å². The van der Waals surface area contributed by atoms with Gasteiger partial charge in [-0.3, -0.25) is 9.78 Å². The van der Waals surface area contributed by atoms with Crippen LogP contribution >= 0.6 is 0 Å². The van der Waals surface area contributed by atoms with E-state index in [2.05, 4.69) is 15.3 Å². The molecule has 1 aromatic rings. The molecule has 0 aromatic carbocycles. The van der Waals surface area contributed by atoms with E-state index < -0.39 is 15.9 Å². The standard InChI is InChI=1S/C8H12N4O3S/c1-6-4-12-7(5-11-6)8(13)10-2-3-16(9,14)15/h4-5H,2-3H2,1H3,(H,10,13)(H2,9,14,15). The number of primary sulfonamides is 1. The van der Waals surface area contributed by atoms with Gasteiger partial charge in [0.2, 0.25) is 10.0 Å². The molecule has 0 saturated carbocycles. The molecular formula is C8H12N4O3S. The minimum atomic E-state index is -3.56. The van der Waals surface area contributed by atoms with Gasteiger partial charge in [-0.1, -0.05) is 0 Å². The molecular weight excluding hydrogens is 232 g/mol.